The van der Waals surface area contributed by atoms with Crippen LogP contribution in [0.2, 0.25) is 0 Å². The van der Waals surface area contributed by atoms with Crippen molar-refractivity contribution in [2.45, 2.75) is 6.10 Å². The lowest BCUT2D eigenvalue weighted by Crippen LogP contribution is -2.28. The Kier molecular flexibility index (Phi) is 4.08. The molecule has 7 heteroatoms. The fraction of sp³-hybridized carbons (Fsp3) is 0.200. The molecule has 0 aliphatic carbocycles. The first-order valence-corrected chi connectivity index (χ1v) is 7.60. The summed E-state index contributed by atoms with van der Waals surface area (Å²) in [4.78, 5) is 13.3. The molecule has 0 saturated heterocycles. The third kappa shape index (κ3) is 2.95. The van der Waals surface area contributed by atoms with E-state index in [1.807, 2.05) is 17.5 Å². The predicted molar refractivity (Wildman–Crippen MR) is 82.5 cm³/mol. The predicted octanol–water partition coefficient (Wildman–Crippen LogP) is 2.21. The third-order valence-corrected chi connectivity index (χ3v) is 4.03. The van der Waals surface area contributed by atoms with E-state index in [9.17, 15) is 9.90 Å². The molecule has 0 saturated carbocycles. The van der Waals surface area contributed by atoms with Gasteiger partial charge in [0.25, 0.3) is 5.91 Å². The van der Waals surface area contributed by atoms with Gasteiger partial charge in [-0.2, -0.15) is 5.10 Å². The average Bonchev–Trinajstić information content (AvgIpc) is 3.23. The molecule has 6 nitrogen and oxygen atoms in total. The Hall–Kier alpha value is -2.38. The van der Waals surface area contributed by atoms with Gasteiger partial charge in [0.2, 0.25) is 0 Å². The lowest BCUT2D eigenvalue weighted by Gasteiger charge is -2.09. The molecule has 22 heavy (non-hydrogen) atoms. The van der Waals surface area contributed by atoms with Crippen molar-refractivity contribution in [1.82, 2.24) is 15.1 Å². The molecule has 3 heterocycles. The Bertz CT molecular complexity index is 747. The largest absolute Gasteiger partial charge is 0.467 e. The molecule has 1 amide bonds. The quantitative estimate of drug-likeness (QED) is 0.756. The summed E-state index contributed by atoms with van der Waals surface area (Å²) in [5.41, 5.74) is 1.12. The number of aliphatic hydroxyl groups is 1. The van der Waals surface area contributed by atoms with Gasteiger partial charge in [0.1, 0.15) is 17.6 Å². The molecule has 114 valence electrons. The summed E-state index contributed by atoms with van der Waals surface area (Å²) in [6, 6.07) is 7.19. The number of nitrogens with one attached hydrogen (secondary N) is 1. The molecule has 1 atom stereocenters. The second-order valence-electron chi connectivity index (χ2n) is 4.78. The molecule has 0 aliphatic heterocycles. The SMILES string of the molecule is Cn1cc(C(=O)NCC(O)c2ccco2)c(-c2cccs2)n1. The van der Waals surface area contributed by atoms with E-state index in [1.54, 1.807) is 30.1 Å². The lowest BCUT2D eigenvalue weighted by molar-refractivity contribution is 0.0901. The Morgan fingerprint density at radius 1 is 1.50 bits per heavy atom. The Morgan fingerprint density at radius 3 is 3.05 bits per heavy atom. The molecule has 0 fully saturated rings. The molecule has 3 aromatic heterocycles. The van der Waals surface area contributed by atoms with Crippen LogP contribution in [-0.2, 0) is 7.05 Å². The van der Waals surface area contributed by atoms with Gasteiger partial charge in [0, 0.05) is 13.2 Å². The summed E-state index contributed by atoms with van der Waals surface area (Å²) in [5.74, 6) is 0.145. The molecule has 0 bridgehead atoms. The van der Waals surface area contributed by atoms with Crippen LogP contribution in [0.3, 0.4) is 0 Å². The van der Waals surface area contributed by atoms with Gasteiger partial charge in [0.05, 0.1) is 23.2 Å². The summed E-state index contributed by atoms with van der Waals surface area (Å²) in [6.45, 7) is 0.0745. The van der Waals surface area contributed by atoms with Crippen molar-refractivity contribution >= 4 is 17.2 Å². The highest BCUT2D eigenvalue weighted by molar-refractivity contribution is 7.13. The van der Waals surface area contributed by atoms with Crippen LogP contribution in [0.4, 0.5) is 0 Å². The van der Waals surface area contributed by atoms with Gasteiger partial charge < -0.3 is 14.8 Å². The third-order valence-electron chi connectivity index (χ3n) is 3.16. The first kappa shape index (κ1) is 14.6. The number of rotatable bonds is 5. The molecule has 0 aliphatic rings. The van der Waals surface area contributed by atoms with Crippen LogP contribution in [-0.4, -0.2) is 27.3 Å². The minimum Gasteiger partial charge on any atom is -0.467 e. The monoisotopic (exact) mass is 317 g/mol. The number of amides is 1. The van der Waals surface area contributed by atoms with Gasteiger partial charge in [0.15, 0.2) is 0 Å². The molecular weight excluding hydrogens is 302 g/mol. The minimum atomic E-state index is -0.874. The van der Waals surface area contributed by atoms with Gasteiger partial charge in [-0.15, -0.1) is 11.3 Å². The number of hydrogen-bond donors (Lipinski definition) is 2. The van der Waals surface area contributed by atoms with E-state index in [0.29, 0.717) is 17.0 Å². The second-order valence-corrected chi connectivity index (χ2v) is 5.73. The molecule has 3 rings (SSSR count). The maximum atomic E-state index is 12.3. The maximum absolute atomic E-state index is 12.3. The van der Waals surface area contributed by atoms with Crippen LogP contribution < -0.4 is 5.32 Å². The number of thiophene rings is 1. The van der Waals surface area contributed by atoms with E-state index in [4.69, 9.17) is 4.42 Å². The van der Waals surface area contributed by atoms with Crippen LogP contribution in [0.5, 0.6) is 0 Å². The topological polar surface area (TPSA) is 80.3 Å². The van der Waals surface area contributed by atoms with Crippen molar-refractivity contribution in [2.75, 3.05) is 6.54 Å². The number of carbonyl (C=O) groups excluding carboxylic acids is 1. The molecule has 0 spiro atoms. The van der Waals surface area contributed by atoms with Gasteiger partial charge in [-0.1, -0.05) is 6.07 Å². The molecule has 1 unspecified atom stereocenters. The highest BCUT2D eigenvalue weighted by atomic mass is 32.1. The number of aliphatic hydroxyl groups excluding tert-OH is 1. The van der Waals surface area contributed by atoms with Crippen molar-refractivity contribution < 1.29 is 14.3 Å². The fourth-order valence-corrected chi connectivity index (χ4v) is 2.84. The van der Waals surface area contributed by atoms with Crippen molar-refractivity contribution in [2.24, 2.45) is 7.05 Å². The zero-order chi connectivity index (χ0) is 15.5. The normalized spacial score (nSPS) is 12.3. The van der Waals surface area contributed by atoms with Crippen LogP contribution in [0.25, 0.3) is 10.6 Å². The Labute approximate surface area is 131 Å². The van der Waals surface area contributed by atoms with Crippen LogP contribution in [0.15, 0.2) is 46.5 Å². The molecule has 2 N–H and O–H groups in total. The number of nitrogens with zero attached hydrogens (tertiary/aromatic N) is 2. The standard InChI is InChI=1S/C15H15N3O3S/c1-18-9-10(14(17-18)13-5-3-7-22-13)15(20)16-8-11(19)12-4-2-6-21-12/h2-7,9,11,19H,8H2,1H3,(H,16,20). The summed E-state index contributed by atoms with van der Waals surface area (Å²) >= 11 is 1.52. The number of hydrogen-bond acceptors (Lipinski definition) is 5. The maximum Gasteiger partial charge on any atom is 0.255 e. The van der Waals surface area contributed by atoms with Crippen molar-refractivity contribution in [3.05, 3.63) is 53.4 Å². The van der Waals surface area contributed by atoms with E-state index in [1.165, 1.54) is 17.6 Å². The van der Waals surface area contributed by atoms with Gasteiger partial charge in [-0.3, -0.25) is 9.48 Å². The summed E-state index contributed by atoms with van der Waals surface area (Å²) < 4.78 is 6.71. The molecular formula is C15H15N3O3S. The van der Waals surface area contributed by atoms with Crippen molar-refractivity contribution in [3.63, 3.8) is 0 Å². The Morgan fingerprint density at radius 2 is 2.36 bits per heavy atom. The van der Waals surface area contributed by atoms with Crippen LogP contribution in [0, 0.1) is 0 Å². The van der Waals surface area contributed by atoms with E-state index >= 15 is 0 Å². The highest BCUT2D eigenvalue weighted by Gasteiger charge is 2.19. The van der Waals surface area contributed by atoms with E-state index in [0.717, 1.165) is 4.88 Å². The van der Waals surface area contributed by atoms with E-state index in [-0.39, 0.29) is 12.5 Å². The van der Waals surface area contributed by atoms with Gasteiger partial charge in [-0.05, 0) is 23.6 Å². The van der Waals surface area contributed by atoms with E-state index in [2.05, 4.69) is 10.4 Å². The fourth-order valence-electron chi connectivity index (χ4n) is 2.12. The van der Waals surface area contributed by atoms with Crippen molar-refractivity contribution in [1.29, 1.82) is 0 Å². The zero-order valence-corrected chi connectivity index (χ0v) is 12.7. The summed E-state index contributed by atoms with van der Waals surface area (Å²) in [6.07, 6.45) is 2.28. The van der Waals surface area contributed by atoms with Crippen LogP contribution in [0.1, 0.15) is 22.2 Å². The summed E-state index contributed by atoms with van der Waals surface area (Å²) in [5, 5.41) is 18.9. The molecule has 3 aromatic rings. The number of aromatic nitrogens is 2. The smallest absolute Gasteiger partial charge is 0.255 e. The lowest BCUT2D eigenvalue weighted by atomic mass is 10.2. The minimum absolute atomic E-state index is 0.0745. The molecule has 0 radical (unpaired) electrons. The zero-order valence-electron chi connectivity index (χ0n) is 11.9. The number of carbonyl (C=O) groups is 1. The van der Waals surface area contributed by atoms with Gasteiger partial charge >= 0.3 is 0 Å². The molecule has 0 aromatic carbocycles. The Balaban J connectivity index is 1.73. The first-order valence-electron chi connectivity index (χ1n) is 6.72. The number of aryl methyl sites for hydroxylation is 1. The van der Waals surface area contributed by atoms with E-state index < -0.39 is 6.10 Å². The van der Waals surface area contributed by atoms with Crippen LogP contribution >= 0.6 is 11.3 Å². The first-order chi connectivity index (χ1) is 10.6. The van der Waals surface area contributed by atoms with Crippen molar-refractivity contribution in [3.8, 4) is 10.6 Å². The summed E-state index contributed by atoms with van der Waals surface area (Å²) in [7, 11) is 1.77. The average molecular weight is 317 g/mol. The van der Waals surface area contributed by atoms with Gasteiger partial charge in [-0.25, -0.2) is 0 Å². The number of furan rings is 1. The highest BCUT2D eigenvalue weighted by Crippen LogP contribution is 2.26. The second kappa shape index (κ2) is 6.17.